The molecule has 208 valence electrons. The molecule has 0 bridgehead atoms. The van der Waals surface area contributed by atoms with E-state index in [9.17, 15) is 45.0 Å². The largest absolute Gasteiger partial charge is 0.507 e. The Kier molecular flexibility index (Phi) is 8.20. The van der Waals surface area contributed by atoms with Crippen LogP contribution < -0.4 is 0 Å². The number of carbonyl (C=O) groups is 3. The third-order valence-electron chi connectivity index (χ3n) is 7.16. The zero-order valence-electron chi connectivity index (χ0n) is 19.8. The van der Waals surface area contributed by atoms with Crippen LogP contribution in [0, 0.1) is 17.8 Å². The minimum absolute atomic E-state index is 0.0283. The van der Waals surface area contributed by atoms with Crippen molar-refractivity contribution in [1.29, 1.82) is 0 Å². The molecule has 4 rings (SSSR count). The summed E-state index contributed by atoms with van der Waals surface area (Å²) in [5.41, 5.74) is -0.512. The number of aliphatic hydroxyl groups is 4. The van der Waals surface area contributed by atoms with Crippen LogP contribution in [0.15, 0.2) is 30.0 Å². The summed E-state index contributed by atoms with van der Waals surface area (Å²) in [6.45, 7) is -0.908. The van der Waals surface area contributed by atoms with Gasteiger partial charge in [0.2, 0.25) is 6.29 Å². The van der Waals surface area contributed by atoms with E-state index in [1.807, 2.05) is 0 Å². The number of hydrogen-bond acceptors (Lipinski definition) is 12. The SMILES string of the molecule is O=C(O)C1=CO[C@H](O[C@@H]2O[C@H](CO)[C@@H](O)[C@H](O)[C@H]2O)[C@H]2[C@H](COC(=O)c3ccc(C(=O)O)cc3O)CC[C@@H]12. The second-order valence-corrected chi connectivity index (χ2v) is 9.37. The predicted molar refractivity (Wildman–Crippen MR) is 120 cm³/mol. The minimum Gasteiger partial charge on any atom is -0.507 e. The number of rotatable bonds is 8. The van der Waals surface area contributed by atoms with Crippen LogP contribution in [0.25, 0.3) is 0 Å². The van der Waals surface area contributed by atoms with Crippen molar-refractivity contribution in [3.63, 3.8) is 0 Å². The zero-order valence-corrected chi connectivity index (χ0v) is 19.8. The van der Waals surface area contributed by atoms with Crippen LogP contribution in [0.2, 0.25) is 0 Å². The number of carboxylic acids is 2. The molecule has 0 spiro atoms. The van der Waals surface area contributed by atoms with Gasteiger partial charge < -0.3 is 54.7 Å². The van der Waals surface area contributed by atoms with Crippen molar-refractivity contribution in [2.75, 3.05) is 13.2 Å². The number of carbonyl (C=O) groups excluding carboxylic acids is 1. The van der Waals surface area contributed by atoms with Gasteiger partial charge in [-0.15, -0.1) is 0 Å². The molecule has 1 aromatic carbocycles. The van der Waals surface area contributed by atoms with Gasteiger partial charge in [0.15, 0.2) is 6.29 Å². The number of phenols is 1. The molecule has 7 N–H and O–H groups in total. The van der Waals surface area contributed by atoms with Gasteiger partial charge in [-0.3, -0.25) is 0 Å². The van der Waals surface area contributed by atoms with E-state index in [1.54, 1.807) is 0 Å². The Bertz CT molecular complexity index is 1100. The van der Waals surface area contributed by atoms with Crippen LogP contribution in [-0.2, 0) is 23.7 Å². The fourth-order valence-corrected chi connectivity index (χ4v) is 5.14. The van der Waals surface area contributed by atoms with Gasteiger partial charge in [0, 0.05) is 17.8 Å². The Morgan fingerprint density at radius 3 is 2.34 bits per heavy atom. The van der Waals surface area contributed by atoms with Gasteiger partial charge in [-0.05, 0) is 31.0 Å². The molecule has 38 heavy (non-hydrogen) atoms. The van der Waals surface area contributed by atoms with Gasteiger partial charge in [-0.1, -0.05) is 0 Å². The third kappa shape index (κ3) is 5.32. The zero-order chi connectivity index (χ0) is 27.7. The molecular weight excluding hydrogens is 512 g/mol. The van der Waals surface area contributed by atoms with Crippen LogP contribution in [0.1, 0.15) is 33.6 Å². The molecule has 1 saturated carbocycles. The summed E-state index contributed by atoms with van der Waals surface area (Å²) in [7, 11) is 0. The standard InChI is InChI=1S/C24H28O14/c25-6-15-17(27)18(28)19(29)24(37-15)38-23-16-10(2-3-11(16)13(8-36-23)21(32)33)7-35-22(34)12-4-1-9(20(30)31)5-14(12)26/h1,4-5,8,10-11,15-19,23-29H,2-3,6-7H2,(H,30,31)(H,32,33)/t10-,11-,15+,16-,17+,18-,19+,23+,24-/m0/s1. The van der Waals surface area contributed by atoms with E-state index in [-0.39, 0.29) is 23.3 Å². The Morgan fingerprint density at radius 2 is 1.71 bits per heavy atom. The number of benzene rings is 1. The number of fused-ring (bicyclic) bond motifs is 1. The molecule has 0 amide bonds. The molecule has 2 heterocycles. The van der Waals surface area contributed by atoms with Crippen molar-refractivity contribution in [3.05, 3.63) is 41.2 Å². The van der Waals surface area contributed by atoms with Crippen molar-refractivity contribution < 1.29 is 69.1 Å². The lowest BCUT2D eigenvalue weighted by molar-refractivity contribution is -0.342. The summed E-state index contributed by atoms with van der Waals surface area (Å²) in [6.07, 6.45) is -7.20. The second kappa shape index (κ2) is 11.2. The summed E-state index contributed by atoms with van der Waals surface area (Å²) in [5.74, 6) is -5.80. The number of aliphatic carboxylic acids is 1. The van der Waals surface area contributed by atoms with E-state index in [2.05, 4.69) is 0 Å². The molecule has 0 aromatic heterocycles. The molecule has 1 aromatic rings. The fourth-order valence-electron chi connectivity index (χ4n) is 5.14. The summed E-state index contributed by atoms with van der Waals surface area (Å²) in [5, 5.41) is 68.5. The van der Waals surface area contributed by atoms with Gasteiger partial charge in [-0.25, -0.2) is 14.4 Å². The van der Waals surface area contributed by atoms with Crippen LogP contribution in [0.4, 0.5) is 0 Å². The normalized spacial score (nSPS) is 34.5. The topological polar surface area (TPSA) is 230 Å². The molecular formula is C24H28O14. The molecule has 0 unspecified atom stereocenters. The minimum atomic E-state index is -1.71. The summed E-state index contributed by atoms with van der Waals surface area (Å²) in [6, 6.07) is 3.15. The third-order valence-corrected chi connectivity index (χ3v) is 7.16. The number of aromatic hydroxyl groups is 1. The molecule has 2 aliphatic heterocycles. The van der Waals surface area contributed by atoms with Crippen molar-refractivity contribution in [2.24, 2.45) is 17.8 Å². The summed E-state index contributed by atoms with van der Waals surface area (Å²) >= 11 is 0. The average Bonchev–Trinajstić information content (AvgIpc) is 3.31. The molecule has 14 heteroatoms. The number of hydrogen-bond donors (Lipinski definition) is 7. The highest BCUT2D eigenvalue weighted by Crippen LogP contribution is 2.47. The number of aliphatic hydroxyl groups excluding tert-OH is 4. The first-order valence-electron chi connectivity index (χ1n) is 11.8. The quantitative estimate of drug-likeness (QED) is 0.197. The highest BCUT2D eigenvalue weighted by molar-refractivity contribution is 5.95. The van der Waals surface area contributed by atoms with Gasteiger partial charge in [0.05, 0.1) is 30.6 Å². The second-order valence-electron chi connectivity index (χ2n) is 9.37. The predicted octanol–water partition coefficient (Wildman–Crippen LogP) is -0.969. The van der Waals surface area contributed by atoms with E-state index >= 15 is 0 Å². The Morgan fingerprint density at radius 1 is 0.974 bits per heavy atom. The first kappa shape index (κ1) is 27.8. The van der Waals surface area contributed by atoms with Gasteiger partial charge in [-0.2, -0.15) is 0 Å². The van der Waals surface area contributed by atoms with E-state index < -0.39 is 85.0 Å². The maximum atomic E-state index is 12.6. The number of aromatic carboxylic acids is 1. The average molecular weight is 540 g/mol. The Hall–Kier alpha value is -3.27. The van der Waals surface area contributed by atoms with Gasteiger partial charge >= 0.3 is 17.9 Å². The van der Waals surface area contributed by atoms with Crippen LogP contribution in [0.3, 0.4) is 0 Å². The first-order valence-corrected chi connectivity index (χ1v) is 11.8. The van der Waals surface area contributed by atoms with Crippen LogP contribution >= 0.6 is 0 Å². The Balaban J connectivity index is 1.50. The smallest absolute Gasteiger partial charge is 0.341 e. The fraction of sp³-hybridized carbons (Fsp3) is 0.542. The van der Waals surface area contributed by atoms with Crippen LogP contribution in [0.5, 0.6) is 5.75 Å². The monoisotopic (exact) mass is 540 g/mol. The molecule has 2 fully saturated rings. The van der Waals surface area contributed by atoms with E-state index in [4.69, 9.17) is 24.1 Å². The lowest BCUT2D eigenvalue weighted by atomic mass is 9.83. The molecule has 1 saturated heterocycles. The number of carboxylic acid groups (broad SMARTS) is 2. The van der Waals surface area contributed by atoms with E-state index in [0.29, 0.717) is 12.8 Å². The lowest BCUT2D eigenvalue weighted by Gasteiger charge is -2.43. The van der Waals surface area contributed by atoms with Gasteiger partial charge in [0.25, 0.3) is 0 Å². The van der Waals surface area contributed by atoms with E-state index in [0.717, 1.165) is 24.5 Å². The number of phenolic OH excluding ortho intramolecular Hbond substituents is 1. The Labute approximate surface area is 215 Å². The molecule has 1 aliphatic carbocycles. The van der Waals surface area contributed by atoms with Crippen molar-refractivity contribution >= 4 is 17.9 Å². The highest BCUT2D eigenvalue weighted by atomic mass is 16.8. The molecule has 3 aliphatic rings. The number of esters is 1. The summed E-state index contributed by atoms with van der Waals surface area (Å²) < 4.78 is 22.0. The molecule has 14 nitrogen and oxygen atoms in total. The first-order chi connectivity index (χ1) is 18.0. The van der Waals surface area contributed by atoms with Crippen molar-refractivity contribution in [3.8, 4) is 5.75 Å². The molecule has 0 radical (unpaired) electrons. The van der Waals surface area contributed by atoms with Crippen LogP contribution in [-0.4, -0.2) is 104 Å². The maximum absolute atomic E-state index is 12.6. The lowest BCUT2D eigenvalue weighted by Crippen LogP contribution is -2.60. The molecule has 9 atom stereocenters. The van der Waals surface area contributed by atoms with Gasteiger partial charge in [0.1, 0.15) is 35.7 Å². The summed E-state index contributed by atoms with van der Waals surface area (Å²) in [4.78, 5) is 35.4. The number of ether oxygens (including phenoxy) is 4. The maximum Gasteiger partial charge on any atom is 0.341 e. The highest BCUT2D eigenvalue weighted by Gasteiger charge is 2.52. The van der Waals surface area contributed by atoms with Crippen molar-refractivity contribution in [2.45, 2.75) is 49.8 Å². The van der Waals surface area contributed by atoms with Crippen molar-refractivity contribution in [1.82, 2.24) is 0 Å². The van der Waals surface area contributed by atoms with E-state index in [1.165, 1.54) is 0 Å².